The van der Waals surface area contributed by atoms with Gasteiger partial charge < -0.3 is 14.6 Å². The molecule has 1 amide bonds. The topological polar surface area (TPSA) is 81.9 Å². The van der Waals surface area contributed by atoms with E-state index < -0.39 is 0 Å². The highest BCUT2D eigenvalue weighted by Gasteiger charge is 2.20. The number of carbonyl (C=O) groups is 1. The molecule has 0 aliphatic carbocycles. The molecule has 0 bridgehead atoms. The highest BCUT2D eigenvalue weighted by Crippen LogP contribution is 2.28. The third-order valence-corrected chi connectivity index (χ3v) is 7.46. The van der Waals surface area contributed by atoms with Gasteiger partial charge in [0, 0.05) is 11.9 Å². The van der Waals surface area contributed by atoms with Gasteiger partial charge in [0.1, 0.15) is 12.4 Å². The molecule has 1 unspecified atom stereocenters. The summed E-state index contributed by atoms with van der Waals surface area (Å²) in [6, 6.07) is 12.3. The Morgan fingerprint density at radius 2 is 1.97 bits per heavy atom. The Bertz CT molecular complexity index is 1260. The Labute approximate surface area is 195 Å². The fraction of sp³-hybridized carbons (Fsp3) is 0.304. The number of aryl methyl sites for hydroxylation is 3. The summed E-state index contributed by atoms with van der Waals surface area (Å²) in [6.45, 7) is 8.12. The molecule has 2 aromatic carbocycles. The van der Waals surface area contributed by atoms with Crippen LogP contribution < -0.4 is 10.1 Å². The minimum Gasteiger partial charge on any atom is -0.485 e. The molecular weight excluding hydrogens is 442 g/mol. The lowest BCUT2D eigenvalue weighted by atomic mass is 10.0. The number of ether oxygens (including phenoxy) is 1. The first-order valence-electron chi connectivity index (χ1n) is 10.2. The molecule has 32 heavy (non-hydrogen) atoms. The maximum atomic E-state index is 12.6. The Balaban J connectivity index is 1.40. The van der Waals surface area contributed by atoms with E-state index in [4.69, 9.17) is 4.74 Å². The number of nitrogens with zero attached hydrogens (tertiary/aromatic N) is 4. The van der Waals surface area contributed by atoms with E-state index in [0.29, 0.717) is 22.7 Å². The van der Waals surface area contributed by atoms with Crippen LogP contribution in [0.1, 0.15) is 28.9 Å². The van der Waals surface area contributed by atoms with Gasteiger partial charge in [0.25, 0.3) is 0 Å². The Kier molecular flexibility index (Phi) is 6.48. The van der Waals surface area contributed by atoms with Crippen molar-refractivity contribution in [3.8, 4) is 5.75 Å². The maximum Gasteiger partial charge on any atom is 0.239 e. The quantitative estimate of drug-likeness (QED) is 0.383. The summed E-state index contributed by atoms with van der Waals surface area (Å²) in [4.78, 5) is 18.0. The van der Waals surface area contributed by atoms with Gasteiger partial charge >= 0.3 is 0 Å². The van der Waals surface area contributed by atoms with Crippen molar-refractivity contribution in [2.24, 2.45) is 7.05 Å². The highest BCUT2D eigenvalue weighted by atomic mass is 32.2. The van der Waals surface area contributed by atoms with E-state index in [-0.39, 0.29) is 11.2 Å². The standard InChI is InChI=1S/C23H25N5O2S2/c1-13-18-9-7-6-8-17(18)10-11-19(13)30-12-20-26-27-23(28(20)5)32-16(4)21(29)25-22-24-14(2)15(3)31-22/h6-11,16H,12H2,1-5H3,(H,24,25,29). The fourth-order valence-corrected chi connectivity index (χ4v) is 4.88. The van der Waals surface area contributed by atoms with E-state index in [2.05, 4.69) is 45.6 Å². The zero-order chi connectivity index (χ0) is 22.8. The number of amides is 1. The van der Waals surface area contributed by atoms with Crippen LogP contribution in [0.3, 0.4) is 0 Å². The van der Waals surface area contributed by atoms with Crippen molar-refractivity contribution < 1.29 is 9.53 Å². The second-order valence-corrected chi connectivity index (χ2v) is 10.1. The zero-order valence-electron chi connectivity index (χ0n) is 18.7. The average molecular weight is 468 g/mol. The summed E-state index contributed by atoms with van der Waals surface area (Å²) in [7, 11) is 1.88. The van der Waals surface area contributed by atoms with Gasteiger partial charge in [-0.1, -0.05) is 42.1 Å². The normalized spacial score (nSPS) is 12.2. The van der Waals surface area contributed by atoms with Crippen LogP contribution in [0, 0.1) is 20.8 Å². The van der Waals surface area contributed by atoms with E-state index in [9.17, 15) is 4.79 Å². The number of fused-ring (bicyclic) bond motifs is 1. The third kappa shape index (κ3) is 4.63. The van der Waals surface area contributed by atoms with E-state index in [0.717, 1.165) is 21.9 Å². The average Bonchev–Trinajstić information content (AvgIpc) is 3.28. The molecule has 0 aliphatic heterocycles. The van der Waals surface area contributed by atoms with Crippen LogP contribution in [-0.2, 0) is 18.4 Å². The molecule has 4 rings (SSSR count). The molecule has 4 aromatic rings. The van der Waals surface area contributed by atoms with Gasteiger partial charge in [0.2, 0.25) is 5.91 Å². The van der Waals surface area contributed by atoms with Crippen molar-refractivity contribution in [2.75, 3.05) is 5.32 Å². The highest BCUT2D eigenvalue weighted by molar-refractivity contribution is 8.00. The van der Waals surface area contributed by atoms with Gasteiger partial charge in [-0.05, 0) is 50.1 Å². The summed E-state index contributed by atoms with van der Waals surface area (Å²) in [5.74, 6) is 1.40. The van der Waals surface area contributed by atoms with Crippen molar-refractivity contribution in [2.45, 2.75) is 44.7 Å². The fourth-order valence-electron chi connectivity index (χ4n) is 3.22. The van der Waals surface area contributed by atoms with Gasteiger partial charge in [-0.25, -0.2) is 4.98 Å². The SMILES string of the molecule is Cc1nc(NC(=O)C(C)Sc2nnc(COc3ccc4ccccc4c3C)n2C)sc1C. The molecule has 0 saturated carbocycles. The van der Waals surface area contributed by atoms with Gasteiger partial charge in [0.05, 0.1) is 10.9 Å². The molecule has 7 nitrogen and oxygen atoms in total. The zero-order valence-corrected chi connectivity index (χ0v) is 20.3. The number of benzene rings is 2. The number of nitrogens with one attached hydrogen (secondary N) is 1. The number of hydrogen-bond donors (Lipinski definition) is 1. The van der Waals surface area contributed by atoms with E-state index in [1.165, 1.54) is 33.9 Å². The molecule has 2 heterocycles. The number of thioether (sulfide) groups is 1. The third-order valence-electron chi connectivity index (χ3n) is 5.34. The lowest BCUT2D eigenvalue weighted by molar-refractivity contribution is -0.115. The van der Waals surface area contributed by atoms with Crippen LogP contribution in [0.4, 0.5) is 5.13 Å². The van der Waals surface area contributed by atoms with Crippen LogP contribution in [0.5, 0.6) is 5.75 Å². The monoisotopic (exact) mass is 467 g/mol. The van der Waals surface area contributed by atoms with Crippen LogP contribution in [0.15, 0.2) is 41.6 Å². The van der Waals surface area contributed by atoms with Crippen molar-refractivity contribution in [3.63, 3.8) is 0 Å². The molecule has 0 aliphatic rings. The summed E-state index contributed by atoms with van der Waals surface area (Å²) in [5.41, 5.74) is 2.03. The number of hydrogen-bond acceptors (Lipinski definition) is 7. The molecule has 0 saturated heterocycles. The number of rotatable bonds is 7. The number of carbonyl (C=O) groups excluding carboxylic acids is 1. The van der Waals surface area contributed by atoms with Gasteiger partial charge in [-0.15, -0.1) is 21.5 Å². The lowest BCUT2D eigenvalue weighted by Crippen LogP contribution is -2.22. The van der Waals surface area contributed by atoms with Crippen molar-refractivity contribution in [3.05, 3.63) is 58.4 Å². The molecule has 1 N–H and O–H groups in total. The number of thiazole rings is 1. The van der Waals surface area contributed by atoms with Gasteiger partial charge in [-0.2, -0.15) is 0 Å². The summed E-state index contributed by atoms with van der Waals surface area (Å²) < 4.78 is 7.91. The second-order valence-electron chi connectivity index (χ2n) is 7.57. The van der Waals surface area contributed by atoms with Crippen molar-refractivity contribution in [1.29, 1.82) is 0 Å². The maximum absolute atomic E-state index is 12.6. The summed E-state index contributed by atoms with van der Waals surface area (Å²) in [5, 5.41) is 14.7. The van der Waals surface area contributed by atoms with Crippen molar-refractivity contribution in [1.82, 2.24) is 19.7 Å². The largest absolute Gasteiger partial charge is 0.485 e. The van der Waals surface area contributed by atoms with E-state index in [1.807, 2.05) is 50.6 Å². The Morgan fingerprint density at radius 1 is 1.19 bits per heavy atom. The summed E-state index contributed by atoms with van der Waals surface area (Å²) in [6.07, 6.45) is 0. The molecular formula is C23H25N5O2S2. The van der Waals surface area contributed by atoms with Crippen LogP contribution in [0.25, 0.3) is 10.8 Å². The minimum atomic E-state index is -0.348. The van der Waals surface area contributed by atoms with E-state index >= 15 is 0 Å². The van der Waals surface area contributed by atoms with Crippen LogP contribution in [-0.4, -0.2) is 30.9 Å². The van der Waals surface area contributed by atoms with Crippen LogP contribution in [0.2, 0.25) is 0 Å². The Morgan fingerprint density at radius 3 is 2.72 bits per heavy atom. The molecule has 1 atom stereocenters. The lowest BCUT2D eigenvalue weighted by Gasteiger charge is -2.12. The van der Waals surface area contributed by atoms with E-state index in [1.54, 1.807) is 0 Å². The first kappa shape index (κ1) is 22.3. The smallest absolute Gasteiger partial charge is 0.239 e. The number of anilines is 1. The first-order valence-corrected chi connectivity index (χ1v) is 11.9. The molecule has 0 radical (unpaired) electrons. The Hall–Kier alpha value is -2.91. The van der Waals surface area contributed by atoms with Gasteiger partial charge in [-0.3, -0.25) is 4.79 Å². The number of aromatic nitrogens is 4. The predicted molar refractivity (Wildman–Crippen MR) is 130 cm³/mol. The summed E-state index contributed by atoms with van der Waals surface area (Å²) >= 11 is 2.83. The van der Waals surface area contributed by atoms with Gasteiger partial charge in [0.15, 0.2) is 16.1 Å². The van der Waals surface area contributed by atoms with Crippen LogP contribution >= 0.6 is 23.1 Å². The van der Waals surface area contributed by atoms with Crippen molar-refractivity contribution >= 4 is 44.9 Å². The minimum absolute atomic E-state index is 0.115. The molecule has 0 spiro atoms. The predicted octanol–water partition coefficient (Wildman–Crippen LogP) is 5.05. The second kappa shape index (κ2) is 9.30. The molecule has 9 heteroatoms. The molecule has 2 aromatic heterocycles. The molecule has 0 fully saturated rings. The molecule has 166 valence electrons. The first-order chi connectivity index (χ1) is 15.3.